The second kappa shape index (κ2) is 6.28. The first-order chi connectivity index (χ1) is 12.5. The molecule has 2 aromatic heterocycles. The highest BCUT2D eigenvalue weighted by molar-refractivity contribution is 7.22. The highest BCUT2D eigenvalue weighted by Gasteiger charge is 2.48. The van der Waals surface area contributed by atoms with E-state index in [2.05, 4.69) is 15.3 Å². The lowest BCUT2D eigenvalue weighted by atomic mass is 9.65. The number of anilines is 1. The summed E-state index contributed by atoms with van der Waals surface area (Å²) < 4.78 is 28.6. The fourth-order valence-corrected chi connectivity index (χ4v) is 4.34. The van der Waals surface area contributed by atoms with E-state index >= 15 is 0 Å². The summed E-state index contributed by atoms with van der Waals surface area (Å²) in [7, 11) is 0. The largest absolute Gasteiger partial charge is 0.366 e. The van der Waals surface area contributed by atoms with Crippen LogP contribution in [0.25, 0.3) is 10.2 Å². The molecule has 5 nitrogen and oxygen atoms in total. The molecule has 0 saturated heterocycles. The van der Waals surface area contributed by atoms with Crippen molar-refractivity contribution in [3.05, 3.63) is 53.6 Å². The maximum Gasteiger partial charge on any atom is 0.250 e. The average Bonchev–Trinajstić information content (AvgIpc) is 3.01. The molecule has 1 fully saturated rings. The summed E-state index contributed by atoms with van der Waals surface area (Å²) in [4.78, 5) is 20.1. The van der Waals surface area contributed by atoms with E-state index in [0.29, 0.717) is 22.8 Å². The Hall–Kier alpha value is -2.61. The molecule has 0 aliphatic heterocycles. The molecule has 0 unspecified atom stereocenters. The molecular weight excluding hydrogens is 358 g/mol. The van der Waals surface area contributed by atoms with Crippen LogP contribution in [-0.2, 0) is 5.41 Å². The first kappa shape index (κ1) is 16.8. The van der Waals surface area contributed by atoms with Gasteiger partial charge in [-0.3, -0.25) is 9.78 Å². The number of hydrogen-bond donors (Lipinski definition) is 2. The van der Waals surface area contributed by atoms with Gasteiger partial charge in [0.1, 0.15) is 12.0 Å². The Morgan fingerprint density at radius 1 is 1.35 bits per heavy atom. The van der Waals surface area contributed by atoms with Crippen molar-refractivity contribution in [1.82, 2.24) is 9.97 Å². The van der Waals surface area contributed by atoms with Crippen molar-refractivity contribution in [3.63, 3.8) is 0 Å². The molecule has 2 heterocycles. The Balaban J connectivity index is 1.61. The van der Waals surface area contributed by atoms with Gasteiger partial charge < -0.3 is 11.1 Å². The molecule has 8 heteroatoms. The third-order valence-electron chi connectivity index (χ3n) is 4.75. The number of amides is 1. The number of carbonyl (C=O) groups is 1. The minimum absolute atomic E-state index is 0.214. The lowest BCUT2D eigenvalue weighted by molar-refractivity contribution is 0.0964. The number of carbonyl (C=O) groups excluding carboxylic acids is 1. The molecule has 1 aliphatic rings. The number of nitrogens with one attached hydrogen (secondary N) is 1. The Bertz CT molecular complexity index is 984. The zero-order valence-electron chi connectivity index (χ0n) is 13.7. The van der Waals surface area contributed by atoms with Crippen LogP contribution in [0, 0.1) is 5.82 Å². The van der Waals surface area contributed by atoms with E-state index in [0.717, 1.165) is 4.70 Å². The minimum Gasteiger partial charge on any atom is -0.366 e. The van der Waals surface area contributed by atoms with Gasteiger partial charge in [-0.1, -0.05) is 17.4 Å². The summed E-state index contributed by atoms with van der Waals surface area (Å²) in [6.45, 7) is 0.313. The fourth-order valence-electron chi connectivity index (χ4n) is 3.45. The van der Waals surface area contributed by atoms with Gasteiger partial charge in [0.25, 0.3) is 5.91 Å². The SMILES string of the molecule is NC(=O)c1cccc2sc(NC[C@]3(c4ncccc4F)C[C@H](F)C3)nc12. The molecule has 1 amide bonds. The molecule has 0 spiro atoms. The normalized spacial score (nSPS) is 22.2. The van der Waals surface area contributed by atoms with Crippen molar-refractivity contribution in [2.75, 3.05) is 11.9 Å². The first-order valence-corrected chi connectivity index (χ1v) is 8.98. The lowest BCUT2D eigenvalue weighted by Gasteiger charge is -2.43. The maximum absolute atomic E-state index is 14.2. The van der Waals surface area contributed by atoms with Crippen molar-refractivity contribution in [1.29, 1.82) is 0 Å². The molecule has 0 radical (unpaired) electrons. The fraction of sp³-hybridized carbons (Fsp3) is 0.278. The highest BCUT2D eigenvalue weighted by atomic mass is 32.1. The smallest absolute Gasteiger partial charge is 0.250 e. The average molecular weight is 374 g/mol. The summed E-state index contributed by atoms with van der Waals surface area (Å²) in [5, 5.41) is 3.75. The zero-order valence-corrected chi connectivity index (χ0v) is 14.5. The number of pyridine rings is 1. The Morgan fingerprint density at radius 2 is 2.15 bits per heavy atom. The number of hydrogen-bond acceptors (Lipinski definition) is 5. The van der Waals surface area contributed by atoms with E-state index in [1.54, 1.807) is 12.1 Å². The van der Waals surface area contributed by atoms with Crippen molar-refractivity contribution in [3.8, 4) is 0 Å². The number of nitrogens with two attached hydrogens (primary N) is 1. The Kier molecular flexibility index (Phi) is 4.07. The van der Waals surface area contributed by atoms with E-state index < -0.39 is 23.3 Å². The van der Waals surface area contributed by atoms with Crippen LogP contribution in [-0.4, -0.2) is 28.6 Å². The molecule has 1 aromatic carbocycles. The maximum atomic E-state index is 14.2. The quantitative estimate of drug-likeness (QED) is 0.717. The van der Waals surface area contributed by atoms with Gasteiger partial charge in [-0.2, -0.15) is 0 Å². The molecule has 0 bridgehead atoms. The van der Waals surface area contributed by atoms with Gasteiger partial charge in [0.15, 0.2) is 5.13 Å². The third-order valence-corrected chi connectivity index (χ3v) is 5.73. The Morgan fingerprint density at radius 3 is 2.85 bits per heavy atom. The monoisotopic (exact) mass is 374 g/mol. The Labute approximate surface area is 152 Å². The molecule has 3 N–H and O–H groups in total. The van der Waals surface area contributed by atoms with Crippen LogP contribution in [0.5, 0.6) is 0 Å². The second-order valence-electron chi connectivity index (χ2n) is 6.51. The van der Waals surface area contributed by atoms with Crippen LogP contribution in [0.2, 0.25) is 0 Å². The number of primary amides is 1. The minimum atomic E-state index is -0.963. The third kappa shape index (κ3) is 2.80. The van der Waals surface area contributed by atoms with Gasteiger partial charge in [-0.05, 0) is 37.1 Å². The van der Waals surface area contributed by atoms with Crippen LogP contribution in [0.3, 0.4) is 0 Å². The number of aromatic nitrogens is 2. The summed E-state index contributed by atoms with van der Waals surface area (Å²) in [5.41, 5.74) is 5.85. The van der Waals surface area contributed by atoms with Crippen LogP contribution >= 0.6 is 11.3 Å². The topological polar surface area (TPSA) is 80.9 Å². The van der Waals surface area contributed by atoms with E-state index in [-0.39, 0.29) is 18.5 Å². The molecule has 4 rings (SSSR count). The number of rotatable bonds is 5. The molecule has 1 aliphatic carbocycles. The van der Waals surface area contributed by atoms with E-state index in [1.165, 1.54) is 29.7 Å². The number of thiazole rings is 1. The summed E-state index contributed by atoms with van der Waals surface area (Å²) in [5.74, 6) is -0.972. The predicted molar refractivity (Wildman–Crippen MR) is 96.6 cm³/mol. The van der Waals surface area contributed by atoms with Crippen LogP contribution in [0.15, 0.2) is 36.5 Å². The number of nitrogens with zero attached hydrogens (tertiary/aromatic N) is 2. The van der Waals surface area contributed by atoms with Gasteiger partial charge in [0.2, 0.25) is 0 Å². The van der Waals surface area contributed by atoms with E-state index in [4.69, 9.17) is 5.73 Å². The molecule has 0 atom stereocenters. The molecule has 3 aromatic rings. The molecule has 134 valence electrons. The van der Waals surface area contributed by atoms with Crippen molar-refractivity contribution >= 4 is 32.6 Å². The molecule has 1 saturated carbocycles. The number of alkyl halides is 1. The van der Waals surface area contributed by atoms with Gasteiger partial charge >= 0.3 is 0 Å². The lowest BCUT2D eigenvalue weighted by Crippen LogP contribution is -2.48. The van der Waals surface area contributed by atoms with Crippen molar-refractivity contribution in [2.24, 2.45) is 5.73 Å². The van der Waals surface area contributed by atoms with Crippen LogP contribution in [0.1, 0.15) is 28.9 Å². The number of halogens is 2. The van der Waals surface area contributed by atoms with Gasteiger partial charge in [-0.25, -0.2) is 13.8 Å². The predicted octanol–water partition coefficient (Wildman–Crippen LogP) is 3.41. The van der Waals surface area contributed by atoms with E-state index in [1.807, 2.05) is 6.07 Å². The molecular formula is C18H16F2N4OS. The van der Waals surface area contributed by atoms with Gasteiger partial charge in [0, 0.05) is 18.2 Å². The number of fused-ring (bicyclic) bond motifs is 1. The van der Waals surface area contributed by atoms with Gasteiger partial charge in [-0.15, -0.1) is 0 Å². The number of benzene rings is 1. The van der Waals surface area contributed by atoms with Crippen LogP contribution < -0.4 is 11.1 Å². The standard InChI is InChI=1S/C18H16F2N4OS/c19-10-7-18(8-10,15-12(20)4-2-6-22-15)9-23-17-24-14-11(16(21)25)3-1-5-13(14)26-17/h1-6,10H,7-9H2,(H2,21,25)(H,23,24)/t10-,18-. The number of para-hydroxylation sites is 1. The zero-order chi connectivity index (χ0) is 18.3. The highest BCUT2D eigenvalue weighted by Crippen LogP contribution is 2.46. The summed E-state index contributed by atoms with van der Waals surface area (Å²) in [6, 6.07) is 8.07. The second-order valence-corrected chi connectivity index (χ2v) is 7.54. The molecule has 26 heavy (non-hydrogen) atoms. The summed E-state index contributed by atoms with van der Waals surface area (Å²) in [6.07, 6.45) is 0.981. The van der Waals surface area contributed by atoms with Crippen molar-refractivity contribution in [2.45, 2.75) is 24.4 Å². The van der Waals surface area contributed by atoms with E-state index in [9.17, 15) is 13.6 Å². The van der Waals surface area contributed by atoms with Crippen LogP contribution in [0.4, 0.5) is 13.9 Å². The van der Waals surface area contributed by atoms with Gasteiger partial charge in [0.05, 0.1) is 21.5 Å². The van der Waals surface area contributed by atoms with Crippen molar-refractivity contribution < 1.29 is 13.6 Å². The summed E-state index contributed by atoms with van der Waals surface area (Å²) >= 11 is 1.37. The first-order valence-electron chi connectivity index (χ1n) is 8.17.